The first-order valence-corrected chi connectivity index (χ1v) is 7.13. The zero-order valence-corrected chi connectivity index (χ0v) is 12.5. The maximum absolute atomic E-state index is 5.42. The van der Waals surface area contributed by atoms with Crippen molar-refractivity contribution in [1.29, 1.82) is 0 Å². The molecule has 2 unspecified atom stereocenters. The highest BCUT2D eigenvalue weighted by molar-refractivity contribution is 9.10. The van der Waals surface area contributed by atoms with Gasteiger partial charge in [-0.15, -0.1) is 0 Å². The smallest absolute Gasteiger partial charge is 0.119 e. The number of nitrogens with one attached hydrogen (secondary N) is 1. The van der Waals surface area contributed by atoms with E-state index >= 15 is 0 Å². The molecule has 1 aliphatic rings. The molecule has 1 aliphatic heterocycles. The summed E-state index contributed by atoms with van der Waals surface area (Å²) in [5.41, 5.74) is 1.22. The predicted molar refractivity (Wildman–Crippen MR) is 75.9 cm³/mol. The van der Waals surface area contributed by atoms with Crippen LogP contribution in [0.15, 0.2) is 22.7 Å². The first kappa shape index (κ1) is 13.8. The maximum Gasteiger partial charge on any atom is 0.119 e. The Hall–Kier alpha value is -0.580. The van der Waals surface area contributed by atoms with Gasteiger partial charge in [-0.1, -0.05) is 15.9 Å². The van der Waals surface area contributed by atoms with Crippen molar-refractivity contribution >= 4 is 15.9 Å². The third-order valence-corrected chi connectivity index (χ3v) is 4.31. The Kier molecular flexibility index (Phi) is 5.03. The first-order chi connectivity index (χ1) is 8.70. The third kappa shape index (κ3) is 3.46. The Balaban J connectivity index is 1.92. The van der Waals surface area contributed by atoms with E-state index < -0.39 is 0 Å². The number of halogens is 1. The fourth-order valence-corrected chi connectivity index (χ4v) is 2.59. The van der Waals surface area contributed by atoms with Gasteiger partial charge in [0.25, 0.3) is 0 Å². The van der Waals surface area contributed by atoms with Crippen LogP contribution in [0.3, 0.4) is 0 Å². The van der Waals surface area contributed by atoms with E-state index in [4.69, 9.17) is 9.47 Å². The number of methoxy groups -OCH3 is 1. The monoisotopic (exact) mass is 313 g/mol. The Morgan fingerprint density at radius 1 is 1.56 bits per heavy atom. The highest BCUT2D eigenvalue weighted by Crippen LogP contribution is 2.23. The molecule has 18 heavy (non-hydrogen) atoms. The molecule has 1 saturated heterocycles. The lowest BCUT2D eigenvalue weighted by atomic mass is 10.0. The van der Waals surface area contributed by atoms with Crippen LogP contribution in [0.25, 0.3) is 0 Å². The summed E-state index contributed by atoms with van der Waals surface area (Å²) in [6.45, 7) is 4.86. The minimum absolute atomic E-state index is 0.477. The van der Waals surface area contributed by atoms with Gasteiger partial charge in [0.05, 0.1) is 13.7 Å². The van der Waals surface area contributed by atoms with Gasteiger partial charge in [0, 0.05) is 23.7 Å². The van der Waals surface area contributed by atoms with E-state index in [1.165, 1.54) is 5.56 Å². The molecule has 0 spiro atoms. The second-order valence-corrected chi connectivity index (χ2v) is 5.60. The van der Waals surface area contributed by atoms with E-state index in [9.17, 15) is 0 Å². The van der Waals surface area contributed by atoms with Crippen LogP contribution in [-0.2, 0) is 11.3 Å². The Morgan fingerprint density at radius 2 is 2.39 bits per heavy atom. The summed E-state index contributed by atoms with van der Waals surface area (Å²) in [6.07, 6.45) is 1.16. The quantitative estimate of drug-likeness (QED) is 0.906. The number of hydrogen-bond donors (Lipinski definition) is 1. The van der Waals surface area contributed by atoms with Crippen molar-refractivity contribution in [2.75, 3.05) is 20.3 Å². The molecule has 1 heterocycles. The summed E-state index contributed by atoms with van der Waals surface area (Å²) in [4.78, 5) is 0. The molecule has 100 valence electrons. The molecule has 0 aliphatic carbocycles. The summed E-state index contributed by atoms with van der Waals surface area (Å²) in [7, 11) is 1.69. The van der Waals surface area contributed by atoms with Gasteiger partial charge in [-0.3, -0.25) is 0 Å². The molecule has 2 atom stereocenters. The fourth-order valence-electron chi connectivity index (χ4n) is 2.20. The van der Waals surface area contributed by atoms with Crippen molar-refractivity contribution < 1.29 is 9.47 Å². The summed E-state index contributed by atoms with van der Waals surface area (Å²) >= 11 is 3.57. The molecular formula is C14H20BrNO2. The Bertz CT molecular complexity index is 391. The first-order valence-electron chi connectivity index (χ1n) is 6.34. The number of rotatable bonds is 5. The van der Waals surface area contributed by atoms with Crippen LogP contribution >= 0.6 is 15.9 Å². The Morgan fingerprint density at radius 3 is 3.06 bits per heavy atom. The van der Waals surface area contributed by atoms with Gasteiger partial charge >= 0.3 is 0 Å². The minimum atomic E-state index is 0.477. The largest absolute Gasteiger partial charge is 0.497 e. The Labute approximate surface area is 117 Å². The average molecular weight is 314 g/mol. The highest BCUT2D eigenvalue weighted by Gasteiger charge is 2.21. The molecule has 4 heteroatoms. The lowest BCUT2D eigenvalue weighted by molar-refractivity contribution is 0.178. The number of hydrogen-bond acceptors (Lipinski definition) is 3. The van der Waals surface area contributed by atoms with Crippen molar-refractivity contribution in [3.63, 3.8) is 0 Å². The van der Waals surface area contributed by atoms with E-state index in [2.05, 4.69) is 34.2 Å². The van der Waals surface area contributed by atoms with E-state index in [-0.39, 0.29) is 0 Å². The van der Waals surface area contributed by atoms with E-state index in [0.717, 1.165) is 36.4 Å². The van der Waals surface area contributed by atoms with Crippen molar-refractivity contribution in [1.82, 2.24) is 5.32 Å². The van der Waals surface area contributed by atoms with E-state index in [1.54, 1.807) is 7.11 Å². The minimum Gasteiger partial charge on any atom is -0.497 e. The molecule has 0 aromatic heterocycles. The second-order valence-electron chi connectivity index (χ2n) is 4.75. The number of benzene rings is 1. The molecule has 0 saturated carbocycles. The van der Waals surface area contributed by atoms with Crippen molar-refractivity contribution in [3.05, 3.63) is 28.2 Å². The van der Waals surface area contributed by atoms with Crippen molar-refractivity contribution in [2.45, 2.75) is 25.9 Å². The predicted octanol–water partition coefficient (Wildman–Crippen LogP) is 2.97. The topological polar surface area (TPSA) is 30.5 Å². The highest BCUT2D eigenvalue weighted by atomic mass is 79.9. The van der Waals surface area contributed by atoms with Crippen LogP contribution in [0.2, 0.25) is 0 Å². The summed E-state index contributed by atoms with van der Waals surface area (Å²) in [6, 6.07) is 6.53. The van der Waals surface area contributed by atoms with Crippen LogP contribution in [0, 0.1) is 5.92 Å². The van der Waals surface area contributed by atoms with Crippen molar-refractivity contribution in [3.8, 4) is 5.75 Å². The lowest BCUT2D eigenvalue weighted by Gasteiger charge is -2.20. The lowest BCUT2D eigenvalue weighted by Crippen LogP contribution is -2.33. The van der Waals surface area contributed by atoms with Crippen molar-refractivity contribution in [2.24, 2.45) is 5.92 Å². The molecule has 1 fully saturated rings. The molecule has 1 aromatic rings. The fraction of sp³-hybridized carbons (Fsp3) is 0.571. The van der Waals surface area contributed by atoms with E-state index in [0.29, 0.717) is 12.0 Å². The average Bonchev–Trinajstić information content (AvgIpc) is 2.91. The summed E-state index contributed by atoms with van der Waals surface area (Å²) in [5.74, 6) is 1.53. The SMILES string of the molecule is COc1ccc(Br)c(CNC(C)C2CCOC2)c1. The molecule has 1 N–H and O–H groups in total. The third-order valence-electron chi connectivity index (χ3n) is 3.54. The molecule has 0 bridgehead atoms. The van der Waals surface area contributed by atoms with Gasteiger partial charge in [0.15, 0.2) is 0 Å². The van der Waals surface area contributed by atoms with Gasteiger partial charge < -0.3 is 14.8 Å². The number of ether oxygens (including phenoxy) is 2. The van der Waals surface area contributed by atoms with Crippen LogP contribution < -0.4 is 10.1 Å². The molecule has 1 aromatic carbocycles. The normalized spacial score (nSPS) is 20.9. The maximum atomic E-state index is 5.42. The molecule has 0 radical (unpaired) electrons. The zero-order valence-electron chi connectivity index (χ0n) is 10.9. The van der Waals surface area contributed by atoms with Gasteiger partial charge in [0.2, 0.25) is 0 Å². The van der Waals surface area contributed by atoms with Crippen LogP contribution in [0.5, 0.6) is 5.75 Å². The van der Waals surface area contributed by atoms with E-state index in [1.807, 2.05) is 12.1 Å². The van der Waals surface area contributed by atoms with Crippen LogP contribution in [-0.4, -0.2) is 26.4 Å². The standard InChI is InChI=1S/C14H20BrNO2/c1-10(11-5-6-18-9-11)16-8-12-7-13(17-2)3-4-14(12)15/h3-4,7,10-11,16H,5-6,8-9H2,1-2H3. The second kappa shape index (κ2) is 6.55. The summed E-state index contributed by atoms with van der Waals surface area (Å²) in [5, 5.41) is 3.57. The van der Waals surface area contributed by atoms with Crippen LogP contribution in [0.1, 0.15) is 18.9 Å². The molecule has 2 rings (SSSR count). The molecule has 3 nitrogen and oxygen atoms in total. The zero-order chi connectivity index (χ0) is 13.0. The van der Waals surface area contributed by atoms with Gasteiger partial charge in [-0.25, -0.2) is 0 Å². The van der Waals surface area contributed by atoms with Gasteiger partial charge in [-0.2, -0.15) is 0 Å². The van der Waals surface area contributed by atoms with Crippen LogP contribution in [0.4, 0.5) is 0 Å². The molecular weight excluding hydrogens is 294 g/mol. The molecule has 0 amide bonds. The van der Waals surface area contributed by atoms with Gasteiger partial charge in [-0.05, 0) is 43.0 Å². The summed E-state index contributed by atoms with van der Waals surface area (Å²) < 4.78 is 11.8. The van der Waals surface area contributed by atoms with Gasteiger partial charge in [0.1, 0.15) is 5.75 Å².